The molecule has 0 aromatic heterocycles. The van der Waals surface area contributed by atoms with Crippen molar-refractivity contribution in [2.75, 3.05) is 7.05 Å². The molecule has 2 N–H and O–H groups in total. The Morgan fingerprint density at radius 2 is 1.95 bits per heavy atom. The minimum atomic E-state index is -0.553. The lowest BCUT2D eigenvalue weighted by molar-refractivity contribution is -0.136. The zero-order chi connectivity index (χ0) is 16.3. The minimum Gasteiger partial charge on any atom is -0.377 e. The van der Waals surface area contributed by atoms with E-state index in [2.05, 4.69) is 10.2 Å². The van der Waals surface area contributed by atoms with Gasteiger partial charge in [-0.2, -0.15) is 5.10 Å². The van der Waals surface area contributed by atoms with E-state index < -0.39 is 5.25 Å². The molecule has 1 aromatic carbocycles. The summed E-state index contributed by atoms with van der Waals surface area (Å²) in [7, 11) is 1.44. The molecule has 1 atom stereocenters. The second-order valence-corrected chi connectivity index (χ2v) is 5.96. The number of hydrogen-bond acceptors (Lipinski definition) is 5. The fourth-order valence-corrected chi connectivity index (χ4v) is 2.72. The normalized spacial score (nSPS) is 20.0. The van der Waals surface area contributed by atoms with Crippen LogP contribution in [-0.4, -0.2) is 39.9 Å². The van der Waals surface area contributed by atoms with Crippen molar-refractivity contribution in [2.24, 2.45) is 15.9 Å². The number of benzene rings is 1. The van der Waals surface area contributed by atoms with Crippen molar-refractivity contribution in [3.63, 3.8) is 0 Å². The fraction of sp³-hybridized carbons (Fsp3) is 0.286. The number of rotatable bonds is 3. The van der Waals surface area contributed by atoms with Crippen molar-refractivity contribution in [3.8, 4) is 0 Å². The van der Waals surface area contributed by atoms with Crippen LogP contribution in [0.3, 0.4) is 0 Å². The molecule has 1 heterocycles. The quantitative estimate of drug-likeness (QED) is 0.394. The Bertz CT molecular complexity index is 657. The Hall–Kier alpha value is -2.22. The van der Waals surface area contributed by atoms with Crippen molar-refractivity contribution in [1.29, 1.82) is 0 Å². The van der Waals surface area contributed by atoms with E-state index in [0.29, 0.717) is 5.71 Å². The number of amides is 2. The summed E-state index contributed by atoms with van der Waals surface area (Å²) in [6.07, 6.45) is 0.108. The van der Waals surface area contributed by atoms with E-state index >= 15 is 0 Å². The summed E-state index contributed by atoms with van der Waals surface area (Å²) < 4.78 is 12.8. The van der Waals surface area contributed by atoms with Crippen LogP contribution in [0, 0.1) is 5.82 Å². The van der Waals surface area contributed by atoms with Crippen LogP contribution >= 0.6 is 11.8 Å². The van der Waals surface area contributed by atoms with Crippen LogP contribution in [0.5, 0.6) is 0 Å². The summed E-state index contributed by atoms with van der Waals surface area (Å²) >= 11 is 1.01. The van der Waals surface area contributed by atoms with E-state index in [1.807, 2.05) is 0 Å². The summed E-state index contributed by atoms with van der Waals surface area (Å²) in [4.78, 5) is 24.2. The molecule has 6 nitrogen and oxygen atoms in total. The number of nitrogens with zero attached hydrogens (tertiary/aromatic N) is 3. The monoisotopic (exact) mass is 322 g/mol. The molecule has 8 heteroatoms. The predicted octanol–water partition coefficient (Wildman–Crippen LogP) is 1.35. The third kappa shape index (κ3) is 3.70. The van der Waals surface area contributed by atoms with E-state index in [-0.39, 0.29) is 29.2 Å². The van der Waals surface area contributed by atoms with Gasteiger partial charge in [-0.3, -0.25) is 14.5 Å². The van der Waals surface area contributed by atoms with Crippen LogP contribution in [0.25, 0.3) is 0 Å². The number of thioether (sulfide) groups is 1. The zero-order valence-corrected chi connectivity index (χ0v) is 12.9. The van der Waals surface area contributed by atoms with Crippen LogP contribution in [0.4, 0.5) is 4.39 Å². The molecular formula is C14H15FN4O2S. The van der Waals surface area contributed by atoms with Crippen molar-refractivity contribution >= 4 is 34.5 Å². The standard InChI is InChI=1S/C14H15FN4O2S/c1-8(9-3-5-10(15)6-4-9)17-18-14(16)22-11-7-12(20)19(2)13(11)21/h3-6,11H,7H2,1-2H3,(H2,16,18). The maximum absolute atomic E-state index is 12.8. The van der Waals surface area contributed by atoms with Crippen LogP contribution in [-0.2, 0) is 9.59 Å². The highest BCUT2D eigenvalue weighted by Gasteiger charge is 2.37. The molecule has 0 spiro atoms. The van der Waals surface area contributed by atoms with E-state index in [9.17, 15) is 14.0 Å². The van der Waals surface area contributed by atoms with Crippen LogP contribution in [0.1, 0.15) is 18.9 Å². The molecule has 1 aromatic rings. The van der Waals surface area contributed by atoms with Crippen molar-refractivity contribution in [2.45, 2.75) is 18.6 Å². The maximum atomic E-state index is 12.8. The van der Waals surface area contributed by atoms with Gasteiger partial charge in [-0.1, -0.05) is 23.9 Å². The van der Waals surface area contributed by atoms with Gasteiger partial charge in [0.1, 0.15) is 11.1 Å². The SMILES string of the molecule is CC(=NN=C(N)SC1CC(=O)N(C)C1=O)c1ccc(F)cc1. The molecule has 0 saturated carbocycles. The van der Waals surface area contributed by atoms with Crippen molar-refractivity contribution in [1.82, 2.24) is 4.90 Å². The van der Waals surface area contributed by atoms with Crippen LogP contribution in [0.15, 0.2) is 34.5 Å². The van der Waals surface area contributed by atoms with Gasteiger partial charge in [-0.05, 0) is 24.6 Å². The van der Waals surface area contributed by atoms with Gasteiger partial charge < -0.3 is 5.73 Å². The number of halogens is 1. The largest absolute Gasteiger partial charge is 0.377 e. The summed E-state index contributed by atoms with van der Waals surface area (Å²) in [5.41, 5.74) is 7.00. The predicted molar refractivity (Wildman–Crippen MR) is 84.0 cm³/mol. The third-order valence-corrected chi connectivity index (χ3v) is 4.14. The Morgan fingerprint density at radius 1 is 1.32 bits per heavy atom. The minimum absolute atomic E-state index is 0.0999. The van der Waals surface area contributed by atoms with Crippen LogP contribution in [0.2, 0.25) is 0 Å². The highest BCUT2D eigenvalue weighted by molar-refractivity contribution is 8.14. The first-order chi connectivity index (χ1) is 10.4. The highest BCUT2D eigenvalue weighted by atomic mass is 32.2. The van der Waals surface area contributed by atoms with Gasteiger partial charge in [0.25, 0.3) is 0 Å². The van der Waals surface area contributed by atoms with Crippen LogP contribution < -0.4 is 5.73 Å². The van der Waals surface area contributed by atoms with E-state index in [4.69, 9.17) is 5.73 Å². The van der Waals surface area contributed by atoms with E-state index in [1.165, 1.54) is 19.2 Å². The summed E-state index contributed by atoms with van der Waals surface area (Å²) in [5.74, 6) is -0.850. The molecule has 2 amide bonds. The number of carbonyl (C=O) groups excluding carboxylic acids is 2. The van der Waals surface area contributed by atoms with E-state index in [0.717, 1.165) is 22.2 Å². The Labute approximate surface area is 131 Å². The number of likely N-dealkylation sites (tertiary alicyclic amines) is 1. The lowest BCUT2D eigenvalue weighted by Gasteiger charge is -2.07. The Kier molecular flexibility index (Phi) is 4.92. The van der Waals surface area contributed by atoms with Crippen molar-refractivity contribution < 1.29 is 14.0 Å². The molecule has 0 radical (unpaired) electrons. The van der Waals surface area contributed by atoms with Gasteiger partial charge >= 0.3 is 0 Å². The molecule has 1 saturated heterocycles. The van der Waals surface area contributed by atoms with Gasteiger partial charge in [0.2, 0.25) is 11.8 Å². The maximum Gasteiger partial charge on any atom is 0.243 e. The summed E-state index contributed by atoms with van der Waals surface area (Å²) in [5, 5.41) is 7.34. The summed E-state index contributed by atoms with van der Waals surface area (Å²) in [6.45, 7) is 1.71. The average Bonchev–Trinajstić information content (AvgIpc) is 2.73. The Balaban J connectivity index is 2.03. The number of amidine groups is 1. The number of imide groups is 1. The molecule has 1 fully saturated rings. The second kappa shape index (κ2) is 6.69. The van der Waals surface area contributed by atoms with E-state index in [1.54, 1.807) is 19.1 Å². The number of hydrogen-bond donors (Lipinski definition) is 1. The molecule has 0 aliphatic carbocycles. The average molecular weight is 322 g/mol. The second-order valence-electron chi connectivity index (χ2n) is 4.73. The molecule has 1 unspecified atom stereocenters. The number of carbonyl (C=O) groups is 2. The fourth-order valence-electron chi connectivity index (χ4n) is 1.86. The lowest BCUT2D eigenvalue weighted by Crippen LogP contribution is -2.27. The van der Waals surface area contributed by atoms with Gasteiger partial charge in [-0.25, -0.2) is 4.39 Å². The Morgan fingerprint density at radius 3 is 2.50 bits per heavy atom. The molecule has 2 rings (SSSR count). The molecule has 0 bridgehead atoms. The molecule has 1 aliphatic rings. The lowest BCUT2D eigenvalue weighted by atomic mass is 10.1. The van der Waals surface area contributed by atoms with Gasteiger partial charge in [0.05, 0.1) is 5.71 Å². The van der Waals surface area contributed by atoms with Gasteiger partial charge in [0.15, 0.2) is 5.17 Å². The van der Waals surface area contributed by atoms with Gasteiger partial charge in [0, 0.05) is 13.5 Å². The zero-order valence-electron chi connectivity index (χ0n) is 12.1. The third-order valence-electron chi connectivity index (χ3n) is 3.16. The molecule has 22 heavy (non-hydrogen) atoms. The molecular weight excluding hydrogens is 307 g/mol. The number of nitrogens with two attached hydrogens (primary N) is 1. The van der Waals surface area contributed by atoms with Gasteiger partial charge in [-0.15, -0.1) is 5.10 Å². The molecule has 1 aliphatic heterocycles. The topological polar surface area (TPSA) is 88.1 Å². The highest BCUT2D eigenvalue weighted by Crippen LogP contribution is 2.24. The van der Waals surface area contributed by atoms with Crippen molar-refractivity contribution in [3.05, 3.63) is 35.6 Å². The molecule has 116 valence electrons. The first kappa shape index (κ1) is 16.2. The summed E-state index contributed by atoms with van der Waals surface area (Å²) in [6, 6.07) is 5.83. The first-order valence-corrected chi connectivity index (χ1v) is 7.37. The smallest absolute Gasteiger partial charge is 0.243 e. The first-order valence-electron chi connectivity index (χ1n) is 6.49.